The molecule has 0 saturated heterocycles. The normalized spacial score (nSPS) is 11.2. The topological polar surface area (TPSA) is 39.2 Å². The second-order valence-corrected chi connectivity index (χ2v) is 4.11. The van der Waals surface area contributed by atoms with Gasteiger partial charge in [-0.3, -0.25) is 9.78 Å². The minimum atomic E-state index is -4.71. The highest BCUT2D eigenvalue weighted by Gasteiger charge is 2.31. The zero-order chi connectivity index (χ0) is 14.8. The first-order valence-electron chi connectivity index (χ1n) is 5.67. The summed E-state index contributed by atoms with van der Waals surface area (Å²) >= 11 is 0. The highest BCUT2D eigenvalue weighted by Crippen LogP contribution is 2.29. The van der Waals surface area contributed by atoms with Gasteiger partial charge in [-0.25, -0.2) is 0 Å². The Hall–Kier alpha value is -2.37. The van der Waals surface area contributed by atoms with Gasteiger partial charge in [0.2, 0.25) is 0 Å². The highest BCUT2D eigenvalue weighted by atomic mass is 19.4. The van der Waals surface area contributed by atoms with Crippen LogP contribution in [0.1, 0.15) is 16.1 Å². The maximum absolute atomic E-state index is 12.1. The van der Waals surface area contributed by atoms with Gasteiger partial charge in [-0.15, -0.1) is 13.2 Å². The van der Waals surface area contributed by atoms with Crippen molar-refractivity contribution in [2.45, 2.75) is 13.3 Å². The molecule has 1 aromatic carbocycles. The summed E-state index contributed by atoms with van der Waals surface area (Å²) in [5, 5.41) is 0. The van der Waals surface area contributed by atoms with Crippen molar-refractivity contribution in [3.63, 3.8) is 0 Å². The molecule has 0 fully saturated rings. The predicted octanol–water partition coefficient (Wildman–Crippen LogP) is 3.77. The van der Waals surface area contributed by atoms with Crippen LogP contribution in [0.3, 0.4) is 0 Å². The standard InChI is InChI=1S/C14H10F3NO2/c1-9-6-12(20-14(15,16)17)4-5-13(9)10-2-3-11(8-19)18-7-10/h2-8H,1H3. The van der Waals surface area contributed by atoms with Crippen molar-refractivity contribution < 1.29 is 22.7 Å². The molecule has 0 atom stereocenters. The van der Waals surface area contributed by atoms with Crippen LogP contribution in [0.4, 0.5) is 13.2 Å². The van der Waals surface area contributed by atoms with Gasteiger partial charge in [-0.05, 0) is 36.2 Å². The molecular weight excluding hydrogens is 271 g/mol. The number of alkyl halides is 3. The van der Waals surface area contributed by atoms with E-state index in [0.717, 1.165) is 5.56 Å². The van der Waals surface area contributed by atoms with E-state index in [0.29, 0.717) is 23.1 Å². The number of aldehydes is 1. The number of aryl methyl sites for hydroxylation is 1. The summed E-state index contributed by atoms with van der Waals surface area (Å²) in [6.45, 7) is 1.67. The summed E-state index contributed by atoms with van der Waals surface area (Å²) in [5.41, 5.74) is 2.35. The summed E-state index contributed by atoms with van der Waals surface area (Å²) in [4.78, 5) is 14.4. The highest BCUT2D eigenvalue weighted by molar-refractivity contribution is 5.74. The van der Waals surface area contributed by atoms with Gasteiger partial charge >= 0.3 is 6.36 Å². The maximum atomic E-state index is 12.1. The summed E-state index contributed by atoms with van der Waals surface area (Å²) in [6.07, 6.45) is -2.59. The monoisotopic (exact) mass is 281 g/mol. The molecule has 0 unspecified atom stereocenters. The molecule has 2 rings (SSSR count). The number of rotatable bonds is 3. The Labute approximate surface area is 113 Å². The lowest BCUT2D eigenvalue weighted by Gasteiger charge is -2.11. The molecule has 6 heteroatoms. The first-order chi connectivity index (χ1) is 9.39. The molecular formula is C14H10F3NO2. The van der Waals surface area contributed by atoms with Crippen LogP contribution in [-0.2, 0) is 0 Å². The minimum absolute atomic E-state index is 0.267. The molecule has 0 bridgehead atoms. The maximum Gasteiger partial charge on any atom is 0.573 e. The van der Waals surface area contributed by atoms with Gasteiger partial charge in [0.25, 0.3) is 0 Å². The van der Waals surface area contributed by atoms with Gasteiger partial charge in [0.15, 0.2) is 6.29 Å². The minimum Gasteiger partial charge on any atom is -0.406 e. The van der Waals surface area contributed by atoms with Gasteiger partial charge in [0.05, 0.1) is 0 Å². The number of hydrogen-bond donors (Lipinski definition) is 0. The summed E-state index contributed by atoms with van der Waals surface area (Å²) < 4.78 is 40.2. The van der Waals surface area contributed by atoms with Crippen molar-refractivity contribution in [3.8, 4) is 16.9 Å². The number of aromatic nitrogens is 1. The molecule has 20 heavy (non-hydrogen) atoms. The Balaban J connectivity index is 2.31. The number of ether oxygens (including phenoxy) is 1. The van der Waals surface area contributed by atoms with E-state index in [2.05, 4.69) is 9.72 Å². The van der Waals surface area contributed by atoms with Crippen LogP contribution in [0, 0.1) is 6.92 Å². The molecule has 0 saturated carbocycles. The van der Waals surface area contributed by atoms with Crippen LogP contribution in [0.25, 0.3) is 11.1 Å². The first kappa shape index (κ1) is 14.0. The Morgan fingerprint density at radius 2 is 1.95 bits per heavy atom. The van der Waals surface area contributed by atoms with E-state index in [-0.39, 0.29) is 5.75 Å². The second kappa shape index (κ2) is 5.32. The molecule has 0 spiro atoms. The van der Waals surface area contributed by atoms with Crippen LogP contribution >= 0.6 is 0 Å². The zero-order valence-electron chi connectivity index (χ0n) is 10.4. The molecule has 0 amide bonds. The van der Waals surface area contributed by atoms with E-state index in [1.54, 1.807) is 19.1 Å². The van der Waals surface area contributed by atoms with Gasteiger partial charge < -0.3 is 4.74 Å². The van der Waals surface area contributed by atoms with E-state index in [1.807, 2.05) is 0 Å². The third-order valence-corrected chi connectivity index (χ3v) is 2.65. The van der Waals surface area contributed by atoms with Crippen LogP contribution in [-0.4, -0.2) is 17.6 Å². The van der Waals surface area contributed by atoms with Crippen molar-refractivity contribution in [1.29, 1.82) is 0 Å². The average Bonchev–Trinajstić information content (AvgIpc) is 2.37. The summed E-state index contributed by atoms with van der Waals surface area (Å²) in [5.74, 6) is -0.267. The molecule has 2 aromatic rings. The number of carbonyl (C=O) groups excluding carboxylic acids is 1. The van der Waals surface area contributed by atoms with E-state index in [9.17, 15) is 18.0 Å². The second-order valence-electron chi connectivity index (χ2n) is 4.11. The number of nitrogens with zero attached hydrogens (tertiary/aromatic N) is 1. The van der Waals surface area contributed by atoms with Crippen LogP contribution < -0.4 is 4.74 Å². The Kier molecular flexibility index (Phi) is 3.74. The third-order valence-electron chi connectivity index (χ3n) is 2.65. The van der Waals surface area contributed by atoms with Gasteiger partial charge in [-0.2, -0.15) is 0 Å². The number of pyridine rings is 1. The van der Waals surface area contributed by atoms with Gasteiger partial charge in [0, 0.05) is 11.8 Å². The largest absolute Gasteiger partial charge is 0.573 e. The zero-order valence-corrected chi connectivity index (χ0v) is 10.4. The quantitative estimate of drug-likeness (QED) is 0.804. The molecule has 0 N–H and O–H groups in total. The van der Waals surface area contributed by atoms with Gasteiger partial charge in [0.1, 0.15) is 11.4 Å². The number of hydrogen-bond acceptors (Lipinski definition) is 3. The Bertz CT molecular complexity index is 621. The average molecular weight is 281 g/mol. The molecule has 3 nitrogen and oxygen atoms in total. The van der Waals surface area contributed by atoms with Crippen molar-refractivity contribution in [2.24, 2.45) is 0 Å². The number of halogens is 3. The fourth-order valence-corrected chi connectivity index (χ4v) is 1.79. The van der Waals surface area contributed by atoms with Crippen LogP contribution in [0.2, 0.25) is 0 Å². The van der Waals surface area contributed by atoms with Crippen molar-refractivity contribution in [1.82, 2.24) is 4.98 Å². The third kappa shape index (κ3) is 3.34. The number of benzene rings is 1. The first-order valence-corrected chi connectivity index (χ1v) is 5.67. The fraction of sp³-hybridized carbons (Fsp3) is 0.143. The van der Waals surface area contributed by atoms with Gasteiger partial charge in [-0.1, -0.05) is 12.1 Å². The molecule has 104 valence electrons. The number of carbonyl (C=O) groups is 1. The lowest BCUT2D eigenvalue weighted by atomic mass is 10.0. The molecule has 0 aliphatic carbocycles. The Morgan fingerprint density at radius 3 is 2.45 bits per heavy atom. The van der Waals surface area contributed by atoms with Crippen LogP contribution in [0.5, 0.6) is 5.75 Å². The summed E-state index contributed by atoms with van der Waals surface area (Å²) in [6, 6.07) is 7.29. The van der Waals surface area contributed by atoms with Crippen molar-refractivity contribution in [2.75, 3.05) is 0 Å². The smallest absolute Gasteiger partial charge is 0.406 e. The van der Waals surface area contributed by atoms with Crippen molar-refractivity contribution >= 4 is 6.29 Å². The van der Waals surface area contributed by atoms with E-state index < -0.39 is 6.36 Å². The molecule has 0 aliphatic heterocycles. The molecule has 0 radical (unpaired) electrons. The molecule has 1 aromatic heterocycles. The molecule has 1 heterocycles. The predicted molar refractivity (Wildman–Crippen MR) is 66.5 cm³/mol. The lowest BCUT2D eigenvalue weighted by Crippen LogP contribution is -2.17. The molecule has 0 aliphatic rings. The van der Waals surface area contributed by atoms with Crippen molar-refractivity contribution in [3.05, 3.63) is 47.8 Å². The fourth-order valence-electron chi connectivity index (χ4n) is 1.79. The van der Waals surface area contributed by atoms with Crippen LogP contribution in [0.15, 0.2) is 36.5 Å². The lowest BCUT2D eigenvalue weighted by molar-refractivity contribution is -0.274. The van der Waals surface area contributed by atoms with E-state index in [1.165, 1.54) is 24.4 Å². The van der Waals surface area contributed by atoms with E-state index in [4.69, 9.17) is 0 Å². The van der Waals surface area contributed by atoms with E-state index >= 15 is 0 Å². The SMILES string of the molecule is Cc1cc(OC(F)(F)F)ccc1-c1ccc(C=O)nc1. The Morgan fingerprint density at radius 1 is 1.20 bits per heavy atom. The summed E-state index contributed by atoms with van der Waals surface area (Å²) in [7, 11) is 0.